The van der Waals surface area contributed by atoms with Crippen LogP contribution in [0.4, 0.5) is 5.69 Å². The molecule has 0 saturated carbocycles. The van der Waals surface area contributed by atoms with Crippen LogP contribution in [0.2, 0.25) is 0 Å². The zero-order chi connectivity index (χ0) is 16.0. The van der Waals surface area contributed by atoms with Crippen LogP contribution in [0.3, 0.4) is 0 Å². The van der Waals surface area contributed by atoms with Crippen LogP contribution in [0.25, 0.3) is 0 Å². The van der Waals surface area contributed by atoms with Gasteiger partial charge < -0.3 is 14.7 Å². The third-order valence-electron chi connectivity index (χ3n) is 2.77. The Morgan fingerprint density at radius 3 is 2.67 bits per heavy atom. The van der Waals surface area contributed by atoms with Crippen LogP contribution in [0.15, 0.2) is 18.2 Å². The van der Waals surface area contributed by atoms with Crippen LogP contribution in [-0.4, -0.2) is 40.6 Å². The van der Waals surface area contributed by atoms with Gasteiger partial charge >= 0.3 is 5.97 Å². The fourth-order valence-corrected chi connectivity index (χ4v) is 1.83. The van der Waals surface area contributed by atoms with Gasteiger partial charge in [0, 0.05) is 30.8 Å². The second-order valence-corrected chi connectivity index (χ2v) is 5.10. The molecule has 0 radical (unpaired) electrons. The van der Waals surface area contributed by atoms with Crippen LogP contribution in [0, 0.1) is 10.1 Å². The van der Waals surface area contributed by atoms with Crippen molar-refractivity contribution < 1.29 is 19.6 Å². The van der Waals surface area contributed by atoms with E-state index in [4.69, 9.17) is 9.84 Å². The van der Waals surface area contributed by atoms with Gasteiger partial charge in [-0.3, -0.25) is 14.9 Å². The smallest absolute Gasteiger partial charge is 0.304 e. The van der Waals surface area contributed by atoms with Gasteiger partial charge in [-0.15, -0.1) is 0 Å². The van der Waals surface area contributed by atoms with Crippen molar-refractivity contribution in [2.75, 3.05) is 13.6 Å². The van der Waals surface area contributed by atoms with Crippen molar-refractivity contribution in [3.05, 3.63) is 33.9 Å². The molecular formula is C14H20N2O5. The highest BCUT2D eigenvalue weighted by molar-refractivity contribution is 5.66. The molecule has 0 aromatic heterocycles. The molecule has 1 aromatic carbocycles. The van der Waals surface area contributed by atoms with Crippen LogP contribution in [0.1, 0.15) is 25.8 Å². The maximum absolute atomic E-state index is 10.9. The molecule has 1 N–H and O–H groups in total. The van der Waals surface area contributed by atoms with Gasteiger partial charge in [0.15, 0.2) is 0 Å². The summed E-state index contributed by atoms with van der Waals surface area (Å²) in [6.07, 6.45) is -0.0271. The van der Waals surface area contributed by atoms with E-state index in [1.54, 1.807) is 18.0 Å². The molecule has 0 atom stereocenters. The van der Waals surface area contributed by atoms with Crippen molar-refractivity contribution in [2.45, 2.75) is 32.9 Å². The number of ether oxygens (including phenoxy) is 1. The van der Waals surface area contributed by atoms with E-state index in [0.717, 1.165) is 0 Å². The van der Waals surface area contributed by atoms with E-state index < -0.39 is 10.9 Å². The van der Waals surface area contributed by atoms with Crippen molar-refractivity contribution >= 4 is 11.7 Å². The van der Waals surface area contributed by atoms with E-state index in [9.17, 15) is 14.9 Å². The fraction of sp³-hybridized carbons (Fsp3) is 0.500. The maximum atomic E-state index is 10.9. The SMILES string of the molecule is CC(C)Oc1ccc([N+](=O)[O-])cc1CN(C)CCC(=O)O. The van der Waals surface area contributed by atoms with E-state index in [-0.39, 0.29) is 18.2 Å². The number of nitro groups is 1. The first-order valence-electron chi connectivity index (χ1n) is 6.64. The molecule has 0 amide bonds. The van der Waals surface area contributed by atoms with Gasteiger partial charge in [-0.2, -0.15) is 0 Å². The summed E-state index contributed by atoms with van der Waals surface area (Å²) in [5, 5.41) is 19.5. The van der Waals surface area contributed by atoms with E-state index in [1.807, 2.05) is 13.8 Å². The molecule has 0 aliphatic carbocycles. The molecule has 21 heavy (non-hydrogen) atoms. The summed E-state index contributed by atoms with van der Waals surface area (Å²) in [6, 6.07) is 4.45. The van der Waals surface area contributed by atoms with Gasteiger partial charge in [-0.1, -0.05) is 0 Å². The number of non-ortho nitro benzene ring substituents is 1. The number of carboxylic acid groups (broad SMARTS) is 1. The van der Waals surface area contributed by atoms with Gasteiger partial charge in [0.05, 0.1) is 17.4 Å². The second-order valence-electron chi connectivity index (χ2n) is 5.10. The summed E-state index contributed by atoms with van der Waals surface area (Å²) in [5.74, 6) is -0.294. The molecular weight excluding hydrogens is 276 g/mol. The number of rotatable bonds is 8. The average Bonchev–Trinajstić information content (AvgIpc) is 2.37. The highest BCUT2D eigenvalue weighted by Crippen LogP contribution is 2.26. The van der Waals surface area contributed by atoms with Crippen LogP contribution >= 0.6 is 0 Å². The van der Waals surface area contributed by atoms with E-state index in [0.29, 0.717) is 24.4 Å². The number of carbonyl (C=O) groups is 1. The molecule has 116 valence electrons. The standard InChI is InChI=1S/C14H20N2O5/c1-10(2)21-13-5-4-12(16(19)20)8-11(13)9-15(3)7-6-14(17)18/h4-5,8,10H,6-7,9H2,1-3H3,(H,17,18). The summed E-state index contributed by atoms with van der Waals surface area (Å²) in [4.78, 5) is 22.8. The zero-order valence-corrected chi connectivity index (χ0v) is 12.4. The van der Waals surface area contributed by atoms with Gasteiger partial charge in [-0.25, -0.2) is 0 Å². The Balaban J connectivity index is 2.91. The van der Waals surface area contributed by atoms with Crippen molar-refractivity contribution in [3.63, 3.8) is 0 Å². The lowest BCUT2D eigenvalue weighted by Crippen LogP contribution is -2.22. The van der Waals surface area contributed by atoms with Gasteiger partial charge in [0.25, 0.3) is 5.69 Å². The summed E-state index contributed by atoms with van der Waals surface area (Å²) in [5.41, 5.74) is 0.665. The van der Waals surface area contributed by atoms with Crippen molar-refractivity contribution in [1.82, 2.24) is 4.90 Å². The first kappa shape index (κ1) is 16.9. The number of carboxylic acids is 1. The number of hydrogen-bond acceptors (Lipinski definition) is 5. The number of nitrogens with zero attached hydrogens (tertiary/aromatic N) is 2. The molecule has 0 bridgehead atoms. The van der Waals surface area contributed by atoms with E-state index in [1.165, 1.54) is 12.1 Å². The summed E-state index contributed by atoms with van der Waals surface area (Å²) in [6.45, 7) is 4.49. The number of nitro benzene ring substituents is 1. The fourth-order valence-electron chi connectivity index (χ4n) is 1.83. The Morgan fingerprint density at radius 2 is 2.14 bits per heavy atom. The Hall–Kier alpha value is -2.15. The predicted molar refractivity (Wildman–Crippen MR) is 77.4 cm³/mol. The molecule has 0 fully saturated rings. The monoisotopic (exact) mass is 296 g/mol. The van der Waals surface area contributed by atoms with Gasteiger partial charge in [-0.05, 0) is 27.0 Å². The third-order valence-corrected chi connectivity index (χ3v) is 2.77. The lowest BCUT2D eigenvalue weighted by atomic mass is 10.1. The first-order chi connectivity index (χ1) is 9.79. The quantitative estimate of drug-likeness (QED) is 0.584. The number of hydrogen-bond donors (Lipinski definition) is 1. The van der Waals surface area contributed by atoms with Gasteiger partial charge in [0.1, 0.15) is 5.75 Å². The Morgan fingerprint density at radius 1 is 1.48 bits per heavy atom. The Labute approximate surface area is 123 Å². The topological polar surface area (TPSA) is 92.9 Å². The Bertz CT molecular complexity index is 516. The minimum absolute atomic E-state index is 0.00672. The second kappa shape index (κ2) is 7.58. The highest BCUT2D eigenvalue weighted by Gasteiger charge is 2.14. The molecule has 1 aromatic rings. The molecule has 0 spiro atoms. The van der Waals surface area contributed by atoms with Crippen LogP contribution < -0.4 is 4.74 Å². The minimum atomic E-state index is -0.875. The van der Waals surface area contributed by atoms with Crippen LogP contribution in [-0.2, 0) is 11.3 Å². The first-order valence-corrected chi connectivity index (χ1v) is 6.64. The largest absolute Gasteiger partial charge is 0.491 e. The van der Waals surface area contributed by atoms with Crippen molar-refractivity contribution in [1.29, 1.82) is 0 Å². The summed E-state index contributed by atoms with van der Waals surface area (Å²) >= 11 is 0. The lowest BCUT2D eigenvalue weighted by Gasteiger charge is -2.19. The maximum Gasteiger partial charge on any atom is 0.304 e. The molecule has 0 saturated heterocycles. The molecule has 7 heteroatoms. The Kier molecular flexibility index (Phi) is 6.10. The molecule has 1 rings (SSSR count). The number of aliphatic carboxylic acids is 1. The normalized spacial score (nSPS) is 10.9. The van der Waals surface area contributed by atoms with Crippen molar-refractivity contribution in [2.24, 2.45) is 0 Å². The van der Waals surface area contributed by atoms with Crippen molar-refractivity contribution in [3.8, 4) is 5.75 Å². The average molecular weight is 296 g/mol. The van der Waals surface area contributed by atoms with Crippen LogP contribution in [0.5, 0.6) is 5.75 Å². The lowest BCUT2D eigenvalue weighted by molar-refractivity contribution is -0.385. The third kappa shape index (κ3) is 5.78. The molecule has 0 aliphatic heterocycles. The molecule has 0 aliphatic rings. The predicted octanol–water partition coefficient (Wildman–Crippen LogP) is 2.29. The minimum Gasteiger partial charge on any atom is -0.491 e. The van der Waals surface area contributed by atoms with Gasteiger partial charge in [0.2, 0.25) is 0 Å². The molecule has 0 unspecified atom stereocenters. The molecule has 0 heterocycles. The highest BCUT2D eigenvalue weighted by atomic mass is 16.6. The summed E-state index contributed by atoms with van der Waals surface area (Å²) < 4.78 is 5.64. The zero-order valence-electron chi connectivity index (χ0n) is 12.4. The summed E-state index contributed by atoms with van der Waals surface area (Å²) in [7, 11) is 1.76. The van der Waals surface area contributed by atoms with E-state index in [2.05, 4.69) is 0 Å². The molecule has 7 nitrogen and oxygen atoms in total. The van der Waals surface area contributed by atoms with E-state index >= 15 is 0 Å². The number of benzene rings is 1.